The highest BCUT2D eigenvalue weighted by Crippen LogP contribution is 2.30. The first-order valence-corrected chi connectivity index (χ1v) is 8.19. The number of nitrogens with one attached hydrogen (secondary N) is 1. The zero-order chi connectivity index (χ0) is 16.4. The molecule has 0 bridgehead atoms. The lowest BCUT2D eigenvalue weighted by molar-refractivity contribution is 0.0973. The summed E-state index contributed by atoms with van der Waals surface area (Å²) in [5.74, 6) is -1.12. The third-order valence-electron chi connectivity index (χ3n) is 3.80. The van der Waals surface area contributed by atoms with E-state index in [0.717, 1.165) is 30.7 Å². The van der Waals surface area contributed by atoms with Crippen LogP contribution in [0.3, 0.4) is 0 Å². The van der Waals surface area contributed by atoms with Gasteiger partial charge in [0.25, 0.3) is 5.91 Å². The lowest BCUT2D eigenvalue weighted by Gasteiger charge is -2.08. The fraction of sp³-hybridized carbons (Fsp3) is 0.312. The number of nitrogens with zero attached hydrogens (tertiary/aromatic N) is 1. The molecule has 2 aromatic rings. The number of ketones is 1. The van der Waals surface area contributed by atoms with Crippen molar-refractivity contribution >= 4 is 23.0 Å². The van der Waals surface area contributed by atoms with Gasteiger partial charge in [-0.3, -0.25) is 9.59 Å². The Morgan fingerprint density at radius 1 is 1.35 bits per heavy atom. The molecule has 0 aliphatic carbocycles. The lowest BCUT2D eigenvalue weighted by Crippen LogP contribution is -2.24. The highest BCUT2D eigenvalue weighted by molar-refractivity contribution is 7.16. The minimum Gasteiger partial charge on any atom is -0.364 e. The van der Waals surface area contributed by atoms with Gasteiger partial charge in [0.2, 0.25) is 0 Å². The quantitative estimate of drug-likeness (QED) is 0.823. The van der Waals surface area contributed by atoms with Crippen LogP contribution in [0, 0.1) is 5.82 Å². The summed E-state index contributed by atoms with van der Waals surface area (Å²) in [5, 5.41) is 3.37. The minimum absolute atomic E-state index is 0.0753. The number of nitrogens with two attached hydrogens (primary N) is 1. The summed E-state index contributed by atoms with van der Waals surface area (Å²) in [5.41, 5.74) is 6.28. The monoisotopic (exact) mass is 333 g/mol. The summed E-state index contributed by atoms with van der Waals surface area (Å²) in [6.45, 7) is 0.915. The average Bonchev–Trinajstić information content (AvgIpc) is 3.17. The summed E-state index contributed by atoms with van der Waals surface area (Å²) in [7, 11) is 0. The first kappa shape index (κ1) is 15.8. The van der Waals surface area contributed by atoms with E-state index >= 15 is 0 Å². The lowest BCUT2D eigenvalue weighted by atomic mass is 10.0. The second-order valence-corrected chi connectivity index (χ2v) is 6.49. The van der Waals surface area contributed by atoms with Crippen LogP contribution >= 0.6 is 11.3 Å². The van der Waals surface area contributed by atoms with Gasteiger partial charge in [0, 0.05) is 18.0 Å². The van der Waals surface area contributed by atoms with Crippen LogP contribution in [0.25, 0.3) is 11.3 Å². The van der Waals surface area contributed by atoms with Crippen molar-refractivity contribution < 1.29 is 14.0 Å². The number of amides is 1. The van der Waals surface area contributed by atoms with E-state index < -0.39 is 5.91 Å². The third kappa shape index (κ3) is 3.46. The first-order valence-electron chi connectivity index (χ1n) is 7.38. The van der Waals surface area contributed by atoms with E-state index in [1.54, 1.807) is 12.1 Å². The Hall–Kier alpha value is -2.12. The summed E-state index contributed by atoms with van der Waals surface area (Å²) in [6, 6.07) is 5.83. The molecule has 2 heterocycles. The van der Waals surface area contributed by atoms with E-state index in [-0.39, 0.29) is 22.6 Å². The SMILES string of the molecule is NC(=O)c1nc(-c2ccc(F)cc2)c(C(=O)CC2CCCN2)s1. The summed E-state index contributed by atoms with van der Waals surface area (Å²) in [4.78, 5) is 28.6. The molecule has 1 atom stereocenters. The van der Waals surface area contributed by atoms with Crippen LogP contribution in [0.4, 0.5) is 4.39 Å². The highest BCUT2D eigenvalue weighted by atomic mass is 32.1. The number of rotatable bonds is 5. The molecular formula is C16H16FN3O2S. The van der Waals surface area contributed by atoms with Gasteiger partial charge in [0.15, 0.2) is 10.8 Å². The van der Waals surface area contributed by atoms with Crippen LogP contribution < -0.4 is 11.1 Å². The number of carbonyl (C=O) groups excluding carboxylic acids is 2. The molecule has 1 unspecified atom stereocenters. The Labute approximate surface area is 136 Å². The fourth-order valence-electron chi connectivity index (χ4n) is 2.67. The van der Waals surface area contributed by atoms with Crippen molar-refractivity contribution in [2.45, 2.75) is 25.3 Å². The molecule has 0 radical (unpaired) electrons. The first-order chi connectivity index (χ1) is 11.0. The normalized spacial score (nSPS) is 17.3. The van der Waals surface area contributed by atoms with Gasteiger partial charge >= 0.3 is 0 Å². The molecule has 3 rings (SSSR count). The third-order valence-corrected chi connectivity index (χ3v) is 4.91. The second-order valence-electron chi connectivity index (χ2n) is 5.49. The molecule has 1 aliphatic rings. The number of benzene rings is 1. The van der Waals surface area contributed by atoms with E-state index in [0.29, 0.717) is 22.6 Å². The summed E-state index contributed by atoms with van der Waals surface area (Å²) < 4.78 is 13.1. The number of primary amides is 1. The Kier molecular flexibility index (Phi) is 4.49. The van der Waals surface area contributed by atoms with Crippen LogP contribution in [-0.2, 0) is 0 Å². The smallest absolute Gasteiger partial charge is 0.277 e. The maximum atomic E-state index is 13.1. The molecule has 1 amide bonds. The molecule has 5 nitrogen and oxygen atoms in total. The number of thiazole rings is 1. The molecule has 1 aromatic heterocycles. The van der Waals surface area contributed by atoms with E-state index in [1.807, 2.05) is 0 Å². The zero-order valence-electron chi connectivity index (χ0n) is 12.3. The number of hydrogen-bond donors (Lipinski definition) is 2. The van der Waals surface area contributed by atoms with Crippen molar-refractivity contribution in [3.05, 3.63) is 40.0 Å². The Balaban J connectivity index is 1.95. The Morgan fingerprint density at radius 2 is 2.09 bits per heavy atom. The molecule has 23 heavy (non-hydrogen) atoms. The number of aromatic nitrogens is 1. The van der Waals surface area contributed by atoms with Gasteiger partial charge in [-0.15, -0.1) is 11.3 Å². The van der Waals surface area contributed by atoms with Crippen molar-refractivity contribution in [2.24, 2.45) is 5.73 Å². The van der Waals surface area contributed by atoms with Crippen molar-refractivity contribution in [1.82, 2.24) is 10.3 Å². The number of hydrogen-bond acceptors (Lipinski definition) is 5. The predicted octanol–water partition coefficient (Wildman–Crippen LogP) is 2.37. The van der Waals surface area contributed by atoms with Crippen molar-refractivity contribution in [2.75, 3.05) is 6.54 Å². The number of Topliss-reactive ketones (excluding diaryl/α,β-unsaturated/α-hetero) is 1. The van der Waals surface area contributed by atoms with Gasteiger partial charge in [-0.25, -0.2) is 9.37 Å². The molecule has 120 valence electrons. The Bertz CT molecular complexity index is 736. The van der Waals surface area contributed by atoms with Crippen LogP contribution in [0.5, 0.6) is 0 Å². The van der Waals surface area contributed by atoms with E-state index in [2.05, 4.69) is 10.3 Å². The van der Waals surface area contributed by atoms with Gasteiger partial charge in [0.1, 0.15) is 5.82 Å². The molecule has 1 aromatic carbocycles. The number of carbonyl (C=O) groups is 2. The van der Waals surface area contributed by atoms with Gasteiger partial charge < -0.3 is 11.1 Å². The van der Waals surface area contributed by atoms with Crippen LogP contribution in [-0.4, -0.2) is 29.3 Å². The Morgan fingerprint density at radius 3 is 2.70 bits per heavy atom. The van der Waals surface area contributed by atoms with Crippen molar-refractivity contribution in [1.29, 1.82) is 0 Å². The molecule has 1 saturated heterocycles. The second kappa shape index (κ2) is 6.55. The highest BCUT2D eigenvalue weighted by Gasteiger charge is 2.25. The maximum Gasteiger partial charge on any atom is 0.277 e. The van der Waals surface area contributed by atoms with Gasteiger partial charge in [-0.1, -0.05) is 0 Å². The van der Waals surface area contributed by atoms with Gasteiger partial charge in [-0.2, -0.15) is 0 Å². The molecule has 7 heteroatoms. The van der Waals surface area contributed by atoms with E-state index in [1.165, 1.54) is 12.1 Å². The minimum atomic E-state index is -0.670. The average molecular weight is 333 g/mol. The number of halogens is 1. The van der Waals surface area contributed by atoms with Crippen LogP contribution in [0.15, 0.2) is 24.3 Å². The molecule has 1 fully saturated rings. The van der Waals surface area contributed by atoms with E-state index in [4.69, 9.17) is 5.73 Å². The largest absolute Gasteiger partial charge is 0.364 e. The predicted molar refractivity (Wildman–Crippen MR) is 86.0 cm³/mol. The molecule has 1 aliphatic heterocycles. The zero-order valence-corrected chi connectivity index (χ0v) is 13.2. The van der Waals surface area contributed by atoms with Crippen molar-refractivity contribution in [3.63, 3.8) is 0 Å². The summed E-state index contributed by atoms with van der Waals surface area (Å²) in [6.07, 6.45) is 2.37. The fourth-order valence-corrected chi connectivity index (χ4v) is 3.55. The van der Waals surface area contributed by atoms with Gasteiger partial charge in [0.05, 0.1) is 10.6 Å². The molecule has 0 spiro atoms. The van der Waals surface area contributed by atoms with Crippen molar-refractivity contribution in [3.8, 4) is 11.3 Å². The van der Waals surface area contributed by atoms with Crippen LogP contribution in [0.2, 0.25) is 0 Å². The molecule has 0 saturated carbocycles. The van der Waals surface area contributed by atoms with Gasteiger partial charge in [-0.05, 0) is 43.7 Å². The summed E-state index contributed by atoms with van der Waals surface area (Å²) >= 11 is 1.00. The molecular weight excluding hydrogens is 317 g/mol. The molecule has 3 N–H and O–H groups in total. The van der Waals surface area contributed by atoms with E-state index in [9.17, 15) is 14.0 Å². The maximum absolute atomic E-state index is 13.1. The standard InChI is InChI=1S/C16H16FN3O2S/c17-10-5-3-9(4-6-10)13-14(23-16(20-13)15(18)22)12(21)8-11-2-1-7-19-11/h3-6,11,19H,1-2,7-8H2,(H2,18,22). The topological polar surface area (TPSA) is 85.1 Å². The van der Waals surface area contributed by atoms with Crippen LogP contribution in [0.1, 0.15) is 38.7 Å².